The first-order valence-electron chi connectivity index (χ1n) is 9.30. The highest BCUT2D eigenvalue weighted by Gasteiger charge is 2.29. The fraction of sp³-hybridized carbons (Fsp3) is 0.500. The van der Waals surface area contributed by atoms with E-state index in [9.17, 15) is 18.0 Å². The van der Waals surface area contributed by atoms with E-state index in [1.807, 2.05) is 34.9 Å². The maximum absolute atomic E-state index is 12.1. The number of rotatable bonds is 7. The maximum Gasteiger partial charge on any atom is 0.422 e. The Hall–Kier alpha value is -2.43. The first kappa shape index (κ1) is 21.3. The Kier molecular flexibility index (Phi) is 7.24. The van der Waals surface area contributed by atoms with Crippen LogP contribution in [-0.2, 0) is 4.74 Å². The molecule has 0 spiro atoms. The second-order valence-electron chi connectivity index (χ2n) is 6.47. The predicted octanol–water partition coefficient (Wildman–Crippen LogP) is 3.64. The summed E-state index contributed by atoms with van der Waals surface area (Å²) >= 11 is 1.36. The molecule has 11 heteroatoms. The fourth-order valence-electron chi connectivity index (χ4n) is 2.95. The number of piperidine rings is 1. The van der Waals surface area contributed by atoms with E-state index in [0.29, 0.717) is 10.9 Å². The van der Waals surface area contributed by atoms with Gasteiger partial charge in [0.15, 0.2) is 11.8 Å². The summed E-state index contributed by atoms with van der Waals surface area (Å²) in [7, 11) is 0. The van der Waals surface area contributed by atoms with Gasteiger partial charge >= 0.3 is 12.3 Å². The Morgan fingerprint density at radius 1 is 1.14 bits per heavy atom. The Morgan fingerprint density at radius 3 is 2.55 bits per heavy atom. The number of carbonyl (C=O) groups is 1. The van der Waals surface area contributed by atoms with Gasteiger partial charge < -0.3 is 15.0 Å². The molecule has 3 rings (SSSR count). The smallest absolute Gasteiger partial charge is 0.422 e. The summed E-state index contributed by atoms with van der Waals surface area (Å²) in [4.78, 5) is 13.5. The zero-order valence-corrected chi connectivity index (χ0v) is 16.5. The van der Waals surface area contributed by atoms with Crippen molar-refractivity contribution in [3.05, 3.63) is 30.3 Å². The highest BCUT2D eigenvalue weighted by molar-refractivity contribution is 7.99. The molecule has 1 fully saturated rings. The van der Waals surface area contributed by atoms with E-state index < -0.39 is 18.9 Å². The van der Waals surface area contributed by atoms with Crippen molar-refractivity contribution in [2.75, 3.05) is 36.9 Å². The van der Waals surface area contributed by atoms with E-state index in [1.165, 1.54) is 18.2 Å². The van der Waals surface area contributed by atoms with Crippen molar-refractivity contribution < 1.29 is 22.7 Å². The average molecular weight is 429 g/mol. The largest absolute Gasteiger partial charge is 0.440 e. The minimum Gasteiger partial charge on any atom is -0.440 e. The number of benzene rings is 1. The summed E-state index contributed by atoms with van der Waals surface area (Å²) in [6, 6.07) is 9.73. The average Bonchev–Trinajstić information content (AvgIpc) is 3.14. The maximum atomic E-state index is 12.1. The topological polar surface area (TPSA) is 72.3 Å². The predicted molar refractivity (Wildman–Crippen MR) is 104 cm³/mol. The minimum absolute atomic E-state index is 0.141. The molecule has 1 aliphatic heterocycles. The molecule has 1 N–H and O–H groups in total. The first-order valence-corrected chi connectivity index (χ1v) is 10.3. The van der Waals surface area contributed by atoms with E-state index in [4.69, 9.17) is 0 Å². The van der Waals surface area contributed by atoms with Crippen LogP contribution in [0.25, 0.3) is 5.69 Å². The van der Waals surface area contributed by atoms with E-state index in [2.05, 4.69) is 25.2 Å². The molecule has 0 saturated carbocycles. The lowest BCUT2D eigenvalue weighted by molar-refractivity contribution is -0.160. The van der Waals surface area contributed by atoms with Crippen molar-refractivity contribution >= 4 is 23.8 Å². The number of alkyl carbamates (subject to hydrolysis) is 1. The molecule has 158 valence electrons. The number of nitrogens with zero attached hydrogens (tertiary/aromatic N) is 4. The highest BCUT2D eigenvalue weighted by atomic mass is 32.2. The standard InChI is InChI=1S/C18H22F3N5O2S/c19-18(20,21)13-28-17(27)22-9-12-29-16-24-23-15(25-10-5-2-6-11-25)26(16)14-7-3-1-4-8-14/h1,3-4,7-8H,2,5-6,9-13H2,(H,22,27). The molecule has 7 nitrogen and oxygen atoms in total. The number of anilines is 1. The summed E-state index contributed by atoms with van der Waals surface area (Å²) in [6.45, 7) is 0.375. The quantitative estimate of drug-likeness (QED) is 0.535. The van der Waals surface area contributed by atoms with Gasteiger partial charge in [-0.1, -0.05) is 30.0 Å². The zero-order chi connectivity index (χ0) is 20.7. The van der Waals surface area contributed by atoms with Crippen LogP contribution in [0.4, 0.5) is 23.9 Å². The van der Waals surface area contributed by atoms with Crippen LogP contribution in [0.5, 0.6) is 0 Å². The number of nitrogens with one attached hydrogen (secondary N) is 1. The fourth-order valence-corrected chi connectivity index (χ4v) is 3.75. The van der Waals surface area contributed by atoms with Crippen molar-refractivity contribution in [3.63, 3.8) is 0 Å². The number of carbonyl (C=O) groups excluding carboxylic acids is 1. The summed E-state index contributed by atoms with van der Waals surface area (Å²) in [5.74, 6) is 1.18. The molecule has 1 aliphatic rings. The van der Waals surface area contributed by atoms with Crippen LogP contribution >= 0.6 is 11.8 Å². The van der Waals surface area contributed by atoms with Gasteiger partial charge in [0.25, 0.3) is 0 Å². The molecule has 1 aromatic carbocycles. The number of ether oxygens (including phenoxy) is 1. The molecule has 0 radical (unpaired) electrons. The van der Waals surface area contributed by atoms with Gasteiger partial charge in [0.2, 0.25) is 5.95 Å². The number of halogens is 3. The molecular weight excluding hydrogens is 407 g/mol. The summed E-state index contributed by atoms with van der Waals surface area (Å²) in [6.07, 6.45) is -2.22. The Balaban J connectivity index is 1.62. The lowest BCUT2D eigenvalue weighted by Crippen LogP contribution is -2.31. The number of alkyl halides is 3. The second kappa shape index (κ2) is 9.86. The molecule has 29 heavy (non-hydrogen) atoms. The van der Waals surface area contributed by atoms with E-state index in [0.717, 1.165) is 37.6 Å². The Labute approximate surface area is 170 Å². The molecule has 1 amide bonds. The van der Waals surface area contributed by atoms with Crippen LogP contribution < -0.4 is 10.2 Å². The molecule has 2 heterocycles. The van der Waals surface area contributed by atoms with Gasteiger partial charge in [-0.15, -0.1) is 10.2 Å². The zero-order valence-electron chi connectivity index (χ0n) is 15.7. The monoisotopic (exact) mass is 429 g/mol. The van der Waals surface area contributed by atoms with Gasteiger partial charge in [0, 0.05) is 25.4 Å². The number of aromatic nitrogens is 3. The van der Waals surface area contributed by atoms with Crippen molar-refractivity contribution in [1.29, 1.82) is 0 Å². The van der Waals surface area contributed by atoms with Crippen molar-refractivity contribution in [2.45, 2.75) is 30.6 Å². The Bertz CT molecular complexity index is 795. The van der Waals surface area contributed by atoms with Gasteiger partial charge in [-0.2, -0.15) is 13.2 Å². The second-order valence-corrected chi connectivity index (χ2v) is 7.53. The van der Waals surface area contributed by atoms with Crippen LogP contribution in [-0.4, -0.2) is 59.0 Å². The third-order valence-electron chi connectivity index (χ3n) is 4.24. The van der Waals surface area contributed by atoms with Gasteiger partial charge in [-0.05, 0) is 31.4 Å². The molecule has 0 unspecified atom stereocenters. The number of hydrogen-bond donors (Lipinski definition) is 1. The molecule has 0 bridgehead atoms. The molecule has 2 aromatic rings. The molecule has 0 atom stereocenters. The molecule has 0 aliphatic carbocycles. The van der Waals surface area contributed by atoms with Crippen molar-refractivity contribution in [2.24, 2.45) is 0 Å². The number of para-hydroxylation sites is 1. The van der Waals surface area contributed by atoms with E-state index in [1.54, 1.807) is 0 Å². The van der Waals surface area contributed by atoms with Crippen molar-refractivity contribution in [3.8, 4) is 5.69 Å². The SMILES string of the molecule is O=C(NCCSc1nnc(N2CCCCC2)n1-c1ccccc1)OCC(F)(F)F. The van der Waals surface area contributed by atoms with E-state index in [-0.39, 0.29) is 6.54 Å². The normalized spacial score (nSPS) is 14.7. The molecular formula is C18H22F3N5O2S. The Morgan fingerprint density at radius 2 is 1.86 bits per heavy atom. The summed E-state index contributed by atoms with van der Waals surface area (Å²) < 4.78 is 42.2. The summed E-state index contributed by atoms with van der Waals surface area (Å²) in [5, 5.41) is 11.6. The van der Waals surface area contributed by atoms with Gasteiger partial charge in [-0.3, -0.25) is 4.57 Å². The third-order valence-corrected chi connectivity index (χ3v) is 5.17. The number of amides is 1. The van der Waals surface area contributed by atoms with Gasteiger partial charge in [0.1, 0.15) is 0 Å². The van der Waals surface area contributed by atoms with Crippen LogP contribution in [0, 0.1) is 0 Å². The number of hydrogen-bond acceptors (Lipinski definition) is 6. The van der Waals surface area contributed by atoms with E-state index >= 15 is 0 Å². The highest BCUT2D eigenvalue weighted by Crippen LogP contribution is 2.28. The first-order chi connectivity index (χ1) is 13.9. The lowest BCUT2D eigenvalue weighted by atomic mass is 10.1. The van der Waals surface area contributed by atoms with Crippen LogP contribution in [0.15, 0.2) is 35.5 Å². The molecule has 1 saturated heterocycles. The number of thioether (sulfide) groups is 1. The molecule has 1 aromatic heterocycles. The van der Waals surface area contributed by atoms with Crippen LogP contribution in [0.3, 0.4) is 0 Å². The van der Waals surface area contributed by atoms with Crippen LogP contribution in [0.1, 0.15) is 19.3 Å². The summed E-state index contributed by atoms with van der Waals surface area (Å²) in [5.41, 5.74) is 0.929. The third kappa shape index (κ3) is 6.28. The van der Waals surface area contributed by atoms with Gasteiger partial charge in [0.05, 0.1) is 5.69 Å². The lowest BCUT2D eigenvalue weighted by Gasteiger charge is -2.27. The minimum atomic E-state index is -4.54. The van der Waals surface area contributed by atoms with Crippen molar-refractivity contribution in [1.82, 2.24) is 20.1 Å². The van der Waals surface area contributed by atoms with Gasteiger partial charge in [-0.25, -0.2) is 4.79 Å². The van der Waals surface area contributed by atoms with Crippen LogP contribution in [0.2, 0.25) is 0 Å².